The second-order valence-electron chi connectivity index (χ2n) is 6.73. The lowest BCUT2D eigenvalue weighted by molar-refractivity contribution is -0.157. The summed E-state index contributed by atoms with van der Waals surface area (Å²) >= 11 is 5.96. The Morgan fingerprint density at radius 2 is 2.00 bits per heavy atom. The molecule has 0 radical (unpaired) electrons. The molecule has 25 heavy (non-hydrogen) atoms. The maximum absolute atomic E-state index is 12.3. The monoisotopic (exact) mass is 367 g/mol. The Labute approximate surface area is 154 Å². The first-order valence-corrected chi connectivity index (χ1v) is 9.13. The van der Waals surface area contributed by atoms with Gasteiger partial charge in [0.1, 0.15) is 5.75 Å². The summed E-state index contributed by atoms with van der Waals surface area (Å²) in [5, 5.41) is 3.43. The van der Waals surface area contributed by atoms with Gasteiger partial charge in [-0.05, 0) is 37.3 Å². The molecular weight excluding hydrogens is 342 g/mol. The molecule has 0 spiro atoms. The smallest absolute Gasteiger partial charge is 0.344 e. The molecular formula is C19H26ClNO4. The summed E-state index contributed by atoms with van der Waals surface area (Å²) in [6.45, 7) is 5.64. The number of halogens is 1. The minimum Gasteiger partial charge on any atom is -0.480 e. The number of benzene rings is 1. The zero-order chi connectivity index (χ0) is 18.4. The lowest BCUT2D eigenvalue weighted by Crippen LogP contribution is -2.47. The van der Waals surface area contributed by atoms with Crippen molar-refractivity contribution in [3.05, 3.63) is 29.3 Å². The molecule has 1 N–H and O–H groups in total. The van der Waals surface area contributed by atoms with Crippen molar-refractivity contribution in [2.24, 2.45) is 11.8 Å². The van der Waals surface area contributed by atoms with E-state index in [1.165, 1.54) is 6.42 Å². The third kappa shape index (κ3) is 5.63. The van der Waals surface area contributed by atoms with Gasteiger partial charge in [-0.15, -0.1) is 0 Å². The average Bonchev–Trinajstić information content (AvgIpc) is 2.58. The van der Waals surface area contributed by atoms with E-state index in [9.17, 15) is 9.59 Å². The summed E-state index contributed by atoms with van der Waals surface area (Å²) < 4.78 is 10.5. The Bertz CT molecular complexity index is 607. The molecule has 1 amide bonds. The highest BCUT2D eigenvalue weighted by Crippen LogP contribution is 2.29. The second kappa shape index (κ2) is 9.09. The number of carbonyl (C=O) groups is 2. The highest BCUT2D eigenvalue weighted by molar-refractivity contribution is 6.32. The molecule has 1 aromatic carbocycles. The molecule has 1 saturated carbocycles. The predicted molar refractivity (Wildman–Crippen MR) is 96.6 cm³/mol. The number of para-hydroxylation sites is 1. The van der Waals surface area contributed by atoms with Crippen LogP contribution >= 0.6 is 11.6 Å². The SMILES string of the molecule is C[C@@H]1[C@@H](C)CCC[C@H]1NC(=O)[C@@H](C)OC(=O)COc1ccccc1Cl. The number of hydrogen-bond acceptors (Lipinski definition) is 4. The number of carbonyl (C=O) groups excluding carboxylic acids is 2. The Kier molecular flexibility index (Phi) is 7.12. The van der Waals surface area contributed by atoms with Crippen LogP contribution in [-0.2, 0) is 14.3 Å². The van der Waals surface area contributed by atoms with Crippen LogP contribution in [0.15, 0.2) is 24.3 Å². The van der Waals surface area contributed by atoms with Crippen LogP contribution in [-0.4, -0.2) is 30.6 Å². The Hall–Kier alpha value is -1.75. The molecule has 0 aromatic heterocycles. The van der Waals surface area contributed by atoms with E-state index in [1.807, 2.05) is 0 Å². The highest BCUT2D eigenvalue weighted by Gasteiger charge is 2.30. The fraction of sp³-hybridized carbons (Fsp3) is 0.579. The van der Waals surface area contributed by atoms with E-state index < -0.39 is 12.1 Å². The molecule has 1 fully saturated rings. The number of amides is 1. The average molecular weight is 368 g/mol. The van der Waals surface area contributed by atoms with Gasteiger partial charge in [0.15, 0.2) is 12.7 Å². The highest BCUT2D eigenvalue weighted by atomic mass is 35.5. The van der Waals surface area contributed by atoms with E-state index in [4.69, 9.17) is 21.1 Å². The van der Waals surface area contributed by atoms with Gasteiger partial charge < -0.3 is 14.8 Å². The van der Waals surface area contributed by atoms with Crippen LogP contribution < -0.4 is 10.1 Å². The summed E-state index contributed by atoms with van der Waals surface area (Å²) in [6, 6.07) is 7.00. The molecule has 1 aliphatic rings. The van der Waals surface area contributed by atoms with Gasteiger partial charge in [0.25, 0.3) is 5.91 Å². The van der Waals surface area contributed by atoms with Gasteiger partial charge in [0.2, 0.25) is 0 Å². The zero-order valence-corrected chi connectivity index (χ0v) is 15.7. The van der Waals surface area contributed by atoms with Crippen LogP contribution in [0.25, 0.3) is 0 Å². The molecule has 0 saturated heterocycles. The minimum absolute atomic E-state index is 0.136. The van der Waals surface area contributed by atoms with Gasteiger partial charge in [0, 0.05) is 6.04 Å². The molecule has 2 rings (SSSR count). The van der Waals surface area contributed by atoms with E-state index in [2.05, 4.69) is 19.2 Å². The van der Waals surface area contributed by atoms with Gasteiger partial charge in [-0.1, -0.05) is 50.4 Å². The summed E-state index contributed by atoms with van der Waals surface area (Å²) in [5.41, 5.74) is 0. The van der Waals surface area contributed by atoms with Crippen molar-refractivity contribution in [1.82, 2.24) is 5.32 Å². The van der Waals surface area contributed by atoms with Crippen LogP contribution in [0.1, 0.15) is 40.0 Å². The van der Waals surface area contributed by atoms with Crippen LogP contribution in [0.2, 0.25) is 5.02 Å². The van der Waals surface area contributed by atoms with Crippen LogP contribution in [0.3, 0.4) is 0 Å². The van der Waals surface area contributed by atoms with Crippen molar-refractivity contribution in [2.45, 2.75) is 52.2 Å². The van der Waals surface area contributed by atoms with Gasteiger partial charge >= 0.3 is 5.97 Å². The third-order valence-corrected chi connectivity index (χ3v) is 5.21. The quantitative estimate of drug-likeness (QED) is 0.780. The standard InChI is InChI=1S/C19H26ClNO4/c1-12-7-6-9-16(13(12)2)21-19(23)14(3)25-18(22)11-24-17-10-5-4-8-15(17)20/h4-5,8,10,12-14,16H,6-7,9,11H2,1-3H3,(H,21,23)/t12-,13+,14+,16+/m0/s1. The second-order valence-corrected chi connectivity index (χ2v) is 7.14. The van der Waals surface area contributed by atoms with Gasteiger partial charge in [-0.2, -0.15) is 0 Å². The topological polar surface area (TPSA) is 64.6 Å². The van der Waals surface area contributed by atoms with Gasteiger partial charge in [-0.25, -0.2) is 4.79 Å². The first-order valence-electron chi connectivity index (χ1n) is 8.75. The Morgan fingerprint density at radius 3 is 2.72 bits per heavy atom. The number of rotatable bonds is 6. The maximum Gasteiger partial charge on any atom is 0.344 e. The zero-order valence-electron chi connectivity index (χ0n) is 15.0. The first-order chi connectivity index (χ1) is 11.9. The van der Waals surface area contributed by atoms with Crippen molar-refractivity contribution in [2.75, 3.05) is 6.61 Å². The van der Waals surface area contributed by atoms with Crippen LogP contribution in [0.4, 0.5) is 0 Å². The maximum atomic E-state index is 12.3. The van der Waals surface area contributed by atoms with Crippen molar-refractivity contribution >= 4 is 23.5 Å². The van der Waals surface area contributed by atoms with Gasteiger partial charge in [-0.3, -0.25) is 4.79 Å². The fourth-order valence-electron chi connectivity index (χ4n) is 3.07. The van der Waals surface area contributed by atoms with Crippen molar-refractivity contribution in [1.29, 1.82) is 0 Å². The molecule has 0 heterocycles. The minimum atomic E-state index is -0.855. The largest absolute Gasteiger partial charge is 0.480 e. The van der Waals surface area contributed by atoms with E-state index in [1.54, 1.807) is 31.2 Å². The fourth-order valence-corrected chi connectivity index (χ4v) is 3.26. The van der Waals surface area contributed by atoms with Crippen molar-refractivity contribution < 1.29 is 19.1 Å². The molecule has 6 heteroatoms. The third-order valence-electron chi connectivity index (χ3n) is 4.89. The van der Waals surface area contributed by atoms with Gasteiger partial charge in [0.05, 0.1) is 5.02 Å². The predicted octanol–water partition coefficient (Wildman–Crippen LogP) is 3.59. The van der Waals surface area contributed by atoms with Crippen molar-refractivity contribution in [3.63, 3.8) is 0 Å². The molecule has 0 bridgehead atoms. The van der Waals surface area contributed by atoms with Crippen molar-refractivity contribution in [3.8, 4) is 5.75 Å². The summed E-state index contributed by atoms with van der Waals surface area (Å²) in [7, 11) is 0. The van der Waals surface area contributed by atoms with E-state index in [0.29, 0.717) is 22.6 Å². The molecule has 0 aliphatic heterocycles. The molecule has 5 nitrogen and oxygen atoms in total. The van der Waals surface area contributed by atoms with E-state index >= 15 is 0 Å². The molecule has 1 aromatic rings. The summed E-state index contributed by atoms with van der Waals surface area (Å²) in [5.74, 6) is 0.540. The lowest BCUT2D eigenvalue weighted by atomic mass is 9.78. The normalized spacial score (nSPS) is 24.2. The number of nitrogens with one attached hydrogen (secondary N) is 1. The molecule has 1 aliphatic carbocycles. The first kappa shape index (κ1) is 19.6. The number of hydrogen-bond donors (Lipinski definition) is 1. The Morgan fingerprint density at radius 1 is 1.28 bits per heavy atom. The van der Waals surface area contributed by atoms with Crippen LogP contribution in [0, 0.1) is 11.8 Å². The number of esters is 1. The molecule has 138 valence electrons. The lowest BCUT2D eigenvalue weighted by Gasteiger charge is -2.35. The Balaban J connectivity index is 1.78. The molecule has 0 unspecified atom stereocenters. The summed E-state index contributed by atoms with van der Waals surface area (Å²) in [6.07, 6.45) is 2.41. The summed E-state index contributed by atoms with van der Waals surface area (Å²) in [4.78, 5) is 24.2. The molecule has 4 atom stereocenters. The number of ether oxygens (including phenoxy) is 2. The van der Waals surface area contributed by atoms with E-state index in [-0.39, 0.29) is 18.6 Å². The van der Waals surface area contributed by atoms with E-state index in [0.717, 1.165) is 12.8 Å². The van der Waals surface area contributed by atoms with Crippen LogP contribution in [0.5, 0.6) is 5.75 Å².